The number of nitrogens with one attached hydrogen (secondary N) is 1. The first-order valence-electron chi connectivity index (χ1n) is 12.8. The monoisotopic (exact) mass is 510 g/mol. The van der Waals surface area contributed by atoms with Crippen LogP contribution in [0.25, 0.3) is 0 Å². The van der Waals surface area contributed by atoms with E-state index >= 15 is 0 Å². The molecule has 2 aromatic rings. The largest absolute Gasteiger partial charge is 0.496 e. The van der Waals surface area contributed by atoms with Gasteiger partial charge >= 0.3 is 6.01 Å². The molecule has 2 N–H and O–H groups in total. The third-order valence-electron chi connectivity index (χ3n) is 7.26. The molecule has 2 fully saturated rings. The number of aliphatic hydroxyl groups is 1. The van der Waals surface area contributed by atoms with Crippen molar-refractivity contribution in [3.8, 4) is 11.8 Å². The zero-order valence-corrected chi connectivity index (χ0v) is 21.5. The topological polar surface area (TPSA) is 131 Å². The molecule has 3 atom stereocenters. The molecule has 2 unspecified atom stereocenters. The number of hydrogen-bond acceptors (Lipinski definition) is 10. The van der Waals surface area contributed by atoms with Crippen molar-refractivity contribution < 1.29 is 24.1 Å². The molecule has 1 aliphatic carbocycles. The Hall–Kier alpha value is -3.31. The highest BCUT2D eigenvalue weighted by Gasteiger charge is 2.33. The van der Waals surface area contributed by atoms with Crippen LogP contribution in [0.15, 0.2) is 23.3 Å². The number of piperidine rings is 1. The van der Waals surface area contributed by atoms with Gasteiger partial charge in [0.1, 0.15) is 23.4 Å². The van der Waals surface area contributed by atoms with Crippen molar-refractivity contribution >= 4 is 17.4 Å². The van der Waals surface area contributed by atoms with Gasteiger partial charge < -0.3 is 29.5 Å². The van der Waals surface area contributed by atoms with Gasteiger partial charge in [-0.2, -0.15) is 9.97 Å². The molecule has 2 aliphatic heterocycles. The van der Waals surface area contributed by atoms with Crippen molar-refractivity contribution in [1.29, 1.82) is 0 Å². The Morgan fingerprint density at radius 2 is 2.03 bits per heavy atom. The van der Waals surface area contributed by atoms with E-state index in [0.29, 0.717) is 25.4 Å². The summed E-state index contributed by atoms with van der Waals surface area (Å²) in [6.07, 6.45) is 4.17. The second kappa shape index (κ2) is 11.0. The van der Waals surface area contributed by atoms with Crippen LogP contribution in [-0.4, -0.2) is 83.8 Å². The normalized spacial score (nSPS) is 22.1. The third kappa shape index (κ3) is 5.37. The molecule has 0 spiro atoms. The molecule has 0 radical (unpaired) electrons. The summed E-state index contributed by atoms with van der Waals surface area (Å²) in [6.45, 7) is 4.31. The molecule has 1 saturated carbocycles. The van der Waals surface area contributed by atoms with Crippen molar-refractivity contribution in [3.05, 3.63) is 35.3 Å². The van der Waals surface area contributed by atoms with Crippen LogP contribution in [0, 0.1) is 5.92 Å². The number of fused-ring (bicyclic) bond motifs is 1. The smallest absolute Gasteiger partial charge is 0.319 e. The van der Waals surface area contributed by atoms with Gasteiger partial charge in [-0.3, -0.25) is 14.8 Å². The predicted octanol–water partition coefficient (Wildman–Crippen LogP) is 1.77. The number of anilines is 1. The highest BCUT2D eigenvalue weighted by molar-refractivity contribution is 6.07. The number of aliphatic imine (C=N–C) groups is 1. The van der Waals surface area contributed by atoms with E-state index in [-0.39, 0.29) is 35.7 Å². The van der Waals surface area contributed by atoms with Crippen molar-refractivity contribution in [2.24, 2.45) is 10.9 Å². The molecule has 11 heteroatoms. The Morgan fingerprint density at radius 3 is 2.70 bits per heavy atom. The number of pyridine rings is 1. The van der Waals surface area contributed by atoms with E-state index in [4.69, 9.17) is 19.2 Å². The number of methoxy groups -OCH3 is 2. The van der Waals surface area contributed by atoms with Crippen molar-refractivity contribution in [3.63, 3.8) is 0 Å². The summed E-state index contributed by atoms with van der Waals surface area (Å²) in [6, 6.07) is 3.47. The maximum Gasteiger partial charge on any atom is 0.319 e. The average Bonchev–Trinajstić information content (AvgIpc) is 3.35. The van der Waals surface area contributed by atoms with Crippen LogP contribution in [0.3, 0.4) is 0 Å². The second-order valence-electron chi connectivity index (χ2n) is 9.80. The molecule has 3 aliphatic rings. The van der Waals surface area contributed by atoms with Gasteiger partial charge in [-0.25, -0.2) is 0 Å². The van der Waals surface area contributed by atoms with Crippen LogP contribution in [0.2, 0.25) is 0 Å². The van der Waals surface area contributed by atoms with E-state index in [9.17, 15) is 9.90 Å². The molecule has 1 amide bonds. The molecule has 198 valence electrons. The Bertz CT molecular complexity index is 1170. The molecule has 4 heterocycles. The van der Waals surface area contributed by atoms with Gasteiger partial charge in [-0.15, -0.1) is 0 Å². The zero-order chi connectivity index (χ0) is 25.9. The van der Waals surface area contributed by atoms with Crippen LogP contribution in [0.5, 0.6) is 11.8 Å². The van der Waals surface area contributed by atoms with E-state index in [1.165, 1.54) is 0 Å². The predicted molar refractivity (Wildman–Crippen MR) is 136 cm³/mol. The van der Waals surface area contributed by atoms with E-state index < -0.39 is 6.10 Å². The lowest BCUT2D eigenvalue weighted by molar-refractivity contribution is 0.0444. The lowest BCUT2D eigenvalue weighted by Crippen LogP contribution is -2.50. The first-order valence-corrected chi connectivity index (χ1v) is 12.8. The lowest BCUT2D eigenvalue weighted by Gasteiger charge is -2.34. The molecule has 2 aromatic heterocycles. The van der Waals surface area contributed by atoms with Crippen LogP contribution in [0.4, 0.5) is 5.82 Å². The summed E-state index contributed by atoms with van der Waals surface area (Å²) in [5.41, 5.74) is 3.28. The Balaban J connectivity index is 1.32. The summed E-state index contributed by atoms with van der Waals surface area (Å²) >= 11 is 0. The average molecular weight is 511 g/mol. The van der Waals surface area contributed by atoms with Crippen molar-refractivity contribution in [2.45, 2.75) is 57.4 Å². The number of aromatic nitrogens is 3. The van der Waals surface area contributed by atoms with Gasteiger partial charge in [0, 0.05) is 38.4 Å². The number of carbonyl (C=O) groups is 1. The van der Waals surface area contributed by atoms with Gasteiger partial charge in [0.2, 0.25) is 0 Å². The van der Waals surface area contributed by atoms with Crippen LogP contribution in [-0.2, 0) is 11.3 Å². The zero-order valence-electron chi connectivity index (χ0n) is 21.5. The number of rotatable bonds is 9. The minimum absolute atomic E-state index is 0.133. The molecular weight excluding hydrogens is 476 g/mol. The maximum atomic E-state index is 13.0. The van der Waals surface area contributed by atoms with E-state index in [0.717, 1.165) is 55.1 Å². The van der Waals surface area contributed by atoms with Gasteiger partial charge in [0.15, 0.2) is 0 Å². The Labute approximate surface area is 216 Å². The minimum atomic E-state index is -0.515. The van der Waals surface area contributed by atoms with Gasteiger partial charge in [-0.1, -0.05) is 0 Å². The lowest BCUT2D eigenvalue weighted by atomic mass is 9.88. The fraction of sp³-hybridized carbons (Fsp3) is 0.577. The molecule has 11 nitrogen and oxygen atoms in total. The summed E-state index contributed by atoms with van der Waals surface area (Å²) in [7, 11) is 3.28. The summed E-state index contributed by atoms with van der Waals surface area (Å²) in [5.74, 6) is 1.40. The Morgan fingerprint density at radius 1 is 1.22 bits per heavy atom. The van der Waals surface area contributed by atoms with E-state index in [2.05, 4.69) is 25.2 Å². The number of carbonyl (C=O) groups excluding carboxylic acids is 1. The van der Waals surface area contributed by atoms with Crippen LogP contribution >= 0.6 is 0 Å². The fourth-order valence-electron chi connectivity index (χ4n) is 5.09. The van der Waals surface area contributed by atoms with Gasteiger partial charge in [0.25, 0.3) is 5.91 Å². The fourth-order valence-corrected chi connectivity index (χ4v) is 5.09. The molecular formula is C26H34N6O5. The highest BCUT2D eigenvalue weighted by atomic mass is 16.5. The molecule has 0 aromatic carbocycles. The highest BCUT2D eigenvalue weighted by Crippen LogP contribution is 2.34. The number of ether oxygens (including phenoxy) is 3. The van der Waals surface area contributed by atoms with Crippen molar-refractivity contribution in [2.75, 3.05) is 38.8 Å². The number of aliphatic hydroxyl groups excluding tert-OH is 1. The molecule has 5 rings (SSSR count). The maximum absolute atomic E-state index is 13.0. The van der Waals surface area contributed by atoms with Crippen LogP contribution in [0.1, 0.15) is 54.4 Å². The van der Waals surface area contributed by atoms with E-state index in [1.54, 1.807) is 26.5 Å². The molecule has 1 saturated heterocycles. The van der Waals surface area contributed by atoms with Crippen molar-refractivity contribution in [1.82, 2.24) is 20.3 Å². The van der Waals surface area contributed by atoms with Gasteiger partial charge in [0.05, 0.1) is 49.4 Å². The van der Waals surface area contributed by atoms with Gasteiger partial charge in [-0.05, 0) is 38.7 Å². The quantitative estimate of drug-likeness (QED) is 0.518. The summed E-state index contributed by atoms with van der Waals surface area (Å²) < 4.78 is 16.6. The minimum Gasteiger partial charge on any atom is -0.496 e. The second-order valence-corrected chi connectivity index (χ2v) is 9.80. The standard InChI is InChI=1S/C26H34N6O5/c1-15(14-35-2)37-26-30-18(25(34)29-17-4-5-20(17)33)12-22(31-26)32-10-7-16(8-11-32)24-23-19(13-28-24)27-9-6-21(23)36-3/h6,9,12,15-17,20,33H,4-5,7-8,10-11,13-14H2,1-3H3,(H,29,34)/t15-,17?,20?/m1/s1. The third-order valence-corrected chi connectivity index (χ3v) is 7.26. The number of nitrogens with zero attached hydrogens (tertiary/aromatic N) is 5. The summed E-state index contributed by atoms with van der Waals surface area (Å²) in [5, 5.41) is 12.8. The SMILES string of the molecule is COC[C@@H](C)Oc1nc(C(=O)NC2CCC2O)cc(N2CCC(C3=NCc4nccc(OC)c43)CC2)n1. The Kier molecular flexibility index (Phi) is 7.52. The summed E-state index contributed by atoms with van der Waals surface area (Å²) in [4.78, 5) is 33.4. The van der Waals surface area contributed by atoms with Crippen LogP contribution < -0.4 is 19.7 Å². The molecule has 37 heavy (non-hydrogen) atoms. The number of amides is 1. The first kappa shape index (κ1) is 25.3. The number of hydrogen-bond donors (Lipinski definition) is 2. The van der Waals surface area contributed by atoms with E-state index in [1.807, 2.05) is 13.0 Å². The molecule has 0 bridgehead atoms. The first-order chi connectivity index (χ1) is 18.0.